The second-order valence-electron chi connectivity index (χ2n) is 25.5. The van der Waals surface area contributed by atoms with Gasteiger partial charge in [0, 0.05) is 134 Å². The van der Waals surface area contributed by atoms with Gasteiger partial charge in [0.2, 0.25) is 0 Å². The fraction of sp³-hybridized carbons (Fsp3) is 0.116. The molecule has 26 nitrogen and oxygen atoms in total. The molecule has 0 fully saturated rings. The number of nitriles is 1. The molecule has 0 atom stereocenters. The number of aliphatic hydroxyl groups is 1. The molecule has 17 aromatic rings. The van der Waals surface area contributed by atoms with E-state index in [0.717, 1.165) is 154 Å². The minimum absolute atomic E-state index is 0. The van der Waals surface area contributed by atoms with Crippen LogP contribution >= 0.6 is 156 Å². The number of nitrogens with two attached hydrogens (primary N) is 2. The van der Waals surface area contributed by atoms with E-state index in [1.807, 2.05) is 142 Å². The molecule has 0 saturated carbocycles. The Bertz CT molecular complexity index is 6660. The minimum Gasteiger partial charge on any atom is -1.00 e. The summed E-state index contributed by atoms with van der Waals surface area (Å²) in [5.74, 6) is 2.01. The van der Waals surface area contributed by atoms with Crippen molar-refractivity contribution in [2.24, 2.45) is 0 Å². The van der Waals surface area contributed by atoms with E-state index in [9.17, 15) is 15.2 Å². The van der Waals surface area contributed by atoms with Crippen LogP contribution in [0.5, 0.6) is 23.0 Å². The number of halogens is 9. The molecule has 17 rings (SSSR count). The number of carbonyl (C=O) groups is 1. The van der Waals surface area contributed by atoms with Gasteiger partial charge in [-0.2, -0.15) is 31.2 Å². The number of nitrogens with zero attached hydrogens (tertiary/aromatic N) is 13. The van der Waals surface area contributed by atoms with Crippen LogP contribution in [-0.4, -0.2) is 143 Å². The first-order valence-corrected chi connectivity index (χ1v) is 46.4. The molecule has 8 N–H and O–H groups in total. The SMILES string of the molecule is Brc1ccc(Br)c2nccnc12.Brc1ccc(Br)c2nsnc12.CCO.COc1cc(C)cc(-c2ccc(Br)c3nccnc23)c1.COc1cc(C)cc(-c2ccc(C#N)c3nccnc23)c1.COc1cc(C)cc(-c2ccc(C(=O)O)c3nccnc23)c1.COc1cc(C)cc(B(O)O)c1.Nc1c(Br)ccc(Br)c1N.O=S(=O)(Cl)Cl.[B].[H-].[Na+].c1ccc2nsnc2c1. The van der Waals surface area contributed by atoms with Crippen LogP contribution in [0.3, 0.4) is 0 Å². The van der Waals surface area contributed by atoms with Crippen LogP contribution in [0.25, 0.3) is 99.6 Å². The molecule has 6 heterocycles. The number of aromatic nitrogens is 12. The van der Waals surface area contributed by atoms with Crippen molar-refractivity contribution in [3.8, 4) is 62.4 Å². The number of nitrogen functional groups attached to an aromatic ring is 2. The molecule has 0 saturated heterocycles. The van der Waals surface area contributed by atoms with Crippen molar-refractivity contribution in [3.05, 3.63) is 284 Å². The van der Waals surface area contributed by atoms with Gasteiger partial charge in [-0.05, 0) is 306 Å². The smallest absolute Gasteiger partial charge is 1.00 e. The van der Waals surface area contributed by atoms with Crippen LogP contribution in [0.1, 0.15) is 46.5 Å². The van der Waals surface area contributed by atoms with Crippen LogP contribution in [0, 0.1) is 39.0 Å². The number of carboxylic acids is 1. The fourth-order valence-corrected chi connectivity index (χ4v) is 15.4. The largest absolute Gasteiger partial charge is 1.00 e. The number of rotatable bonds is 9. The molecule has 0 unspecified atom stereocenters. The summed E-state index contributed by atoms with van der Waals surface area (Å²) in [4.78, 5) is 45.8. The van der Waals surface area contributed by atoms with Crippen molar-refractivity contribution in [3.63, 3.8) is 0 Å². The van der Waals surface area contributed by atoms with Gasteiger partial charge in [0.05, 0.1) is 90.9 Å². The van der Waals surface area contributed by atoms with Crippen molar-refractivity contribution in [2.45, 2.75) is 34.6 Å². The molecule has 6 aromatic heterocycles. The number of carboxylic acid groups (broad SMARTS) is 1. The second-order valence-corrected chi connectivity index (χ2v) is 36.3. The summed E-state index contributed by atoms with van der Waals surface area (Å²) >= 11 is 26.1. The number of benzene rings is 11. The molecular weight excluding hydrogens is 2190 g/mol. The molecule has 0 spiro atoms. The van der Waals surface area contributed by atoms with E-state index in [0.29, 0.717) is 44.7 Å². The number of hydrogen-bond acceptors (Lipinski definition) is 27. The van der Waals surface area contributed by atoms with E-state index in [4.69, 9.17) is 54.0 Å². The van der Waals surface area contributed by atoms with Crippen LogP contribution in [0.4, 0.5) is 11.4 Å². The minimum atomic E-state index is -3.72. The summed E-state index contributed by atoms with van der Waals surface area (Å²) in [6.07, 6.45) is 13.1. The third-order valence-electron chi connectivity index (χ3n) is 16.8. The molecule has 11 aromatic carbocycles. The number of hydrogen-bond donors (Lipinski definition) is 6. The Morgan fingerprint density at radius 3 is 1.09 bits per heavy atom. The number of methoxy groups -OCH3 is 4. The first-order chi connectivity index (χ1) is 59.7. The molecular formula is C86H74B2Br7Cl2N15NaO11S3. The Kier molecular flexibility index (Phi) is 44.3. The van der Waals surface area contributed by atoms with Gasteiger partial charge in [-0.3, -0.25) is 39.9 Å². The predicted octanol–water partition coefficient (Wildman–Crippen LogP) is 18.7. The zero-order chi connectivity index (χ0) is 91.2. The summed E-state index contributed by atoms with van der Waals surface area (Å²) in [6.45, 7) is 9.85. The number of aromatic carboxylic acids is 1. The van der Waals surface area contributed by atoms with E-state index in [2.05, 4.69) is 221 Å². The van der Waals surface area contributed by atoms with Gasteiger partial charge in [0.1, 0.15) is 78.7 Å². The summed E-state index contributed by atoms with van der Waals surface area (Å²) < 4.78 is 62.1. The van der Waals surface area contributed by atoms with Crippen molar-refractivity contribution in [1.82, 2.24) is 57.4 Å². The van der Waals surface area contributed by atoms with Crippen LogP contribution in [0.2, 0.25) is 0 Å². The number of ether oxygens (including phenoxy) is 4. The van der Waals surface area contributed by atoms with E-state index in [-0.39, 0.29) is 51.6 Å². The topological polar surface area (TPSA) is 400 Å². The van der Waals surface area contributed by atoms with Gasteiger partial charge in [0.15, 0.2) is 0 Å². The Balaban J connectivity index is 0.000000260. The maximum atomic E-state index is 11.3. The van der Waals surface area contributed by atoms with Crippen LogP contribution in [-0.2, 0) is 8.26 Å². The van der Waals surface area contributed by atoms with Gasteiger partial charge in [-0.25, -0.2) is 4.79 Å². The van der Waals surface area contributed by atoms with Gasteiger partial charge in [-0.15, -0.1) is 0 Å². The number of anilines is 2. The maximum Gasteiger partial charge on any atom is 1.00 e. The van der Waals surface area contributed by atoms with Gasteiger partial charge < -0.3 is 52.1 Å². The van der Waals surface area contributed by atoms with Crippen molar-refractivity contribution < 1.29 is 83.4 Å². The fourth-order valence-electron chi connectivity index (χ4n) is 11.3. The second kappa shape index (κ2) is 52.7. The molecule has 647 valence electrons. The zero-order valence-corrected chi connectivity index (χ0v) is 86.0. The van der Waals surface area contributed by atoms with Crippen molar-refractivity contribution in [2.75, 3.05) is 46.5 Å². The number of fused-ring (bicyclic) bond motifs is 6. The normalized spacial score (nSPS) is 10.2. The molecule has 127 heavy (non-hydrogen) atoms. The molecule has 0 aliphatic carbocycles. The standard InChI is InChI=1S/C17H13N3O.C17H14N2O3.C16H13BrN2O.C8H11BO3.C8H4Br2N2.C6H2Br2N2S.C6H6Br2N2.C6H4N2S.C2H6O.B.Cl2O2S.Na.H/c1-11-7-13(9-14(8-11)21-2)15-4-3-12(10-18)16-17(15)20-6-5-19-16;1-10-7-11(9-12(8-10)22-2)13-3-4-14(17(20)21)16-15(13)18-5-6-19-16;1-10-7-11(9-12(8-10)20-2)13-3-4-14(17)16-15(13)18-5-6-19-16;1-6-3-7(9(10)11)5-8(4-6)12-2;9-5-1-2-6(10)8-7(5)11-3-4-12-8;7-3-1-2-4(8)6-5(3)9-11-10-6;7-3-1-2-4(8)6(10)5(3)9;1-2-4-6-5(3-1)7-9-8-6;1-2-3;;1-5(2,3)4;;/h3-9H,1-2H3;3-9H,1-2H3,(H,20,21);3-9H,1-2H3;3-5,10-11H,1-2H3;1-4H;1-2H;1-2H,9-10H2;1-4H;3H,2H2,1H3;;;;/q;;;;;;;;;;;+1;-1. The molecule has 0 aliphatic heterocycles. The summed E-state index contributed by atoms with van der Waals surface area (Å²) in [7, 11) is 9.87. The number of aryl methyl sites for hydroxylation is 4. The first-order valence-electron chi connectivity index (χ1n) is 36.3. The predicted molar refractivity (Wildman–Crippen MR) is 532 cm³/mol. The third-order valence-corrected chi connectivity index (χ3v) is 22.4. The van der Waals surface area contributed by atoms with Crippen molar-refractivity contribution >= 4 is 269 Å². The average molecular weight is 2260 g/mol. The van der Waals surface area contributed by atoms with E-state index < -0.39 is 21.4 Å². The van der Waals surface area contributed by atoms with Crippen molar-refractivity contribution in [1.29, 1.82) is 5.26 Å². The number of aliphatic hydroxyl groups excluding tert-OH is 1. The molecule has 0 amide bonds. The van der Waals surface area contributed by atoms with E-state index in [1.54, 1.807) is 109 Å². The summed E-state index contributed by atoms with van der Waals surface area (Å²) in [5, 5.41) is 43.8. The molecule has 0 aliphatic rings. The Labute approximate surface area is 833 Å². The molecule has 41 heteroatoms. The van der Waals surface area contributed by atoms with Gasteiger partial charge >= 0.3 is 50.9 Å². The monoisotopic (exact) mass is 2260 g/mol. The third kappa shape index (κ3) is 31.4. The van der Waals surface area contributed by atoms with Crippen LogP contribution in [0.15, 0.2) is 251 Å². The quantitative estimate of drug-likeness (QED) is 0.0444. The summed E-state index contributed by atoms with van der Waals surface area (Å²) in [5.41, 5.74) is 33.1. The first kappa shape index (κ1) is 107. The Morgan fingerprint density at radius 2 is 0.724 bits per heavy atom. The van der Waals surface area contributed by atoms with Gasteiger partial charge in [-0.1, -0.05) is 54.6 Å². The van der Waals surface area contributed by atoms with Gasteiger partial charge in [0.25, 0.3) is 0 Å². The van der Waals surface area contributed by atoms with E-state index >= 15 is 0 Å². The maximum absolute atomic E-state index is 11.3. The summed E-state index contributed by atoms with van der Waals surface area (Å²) in [6, 6.07) is 55.6. The zero-order valence-electron chi connectivity index (χ0n) is 69.9. The Hall–Kier alpha value is -8.92. The molecule has 3 radical (unpaired) electrons. The molecule has 0 bridgehead atoms. The van der Waals surface area contributed by atoms with E-state index in [1.165, 1.54) is 29.7 Å². The Morgan fingerprint density at radius 1 is 0.441 bits per heavy atom. The van der Waals surface area contributed by atoms with Crippen LogP contribution < -0.4 is 65.4 Å². The average Bonchev–Trinajstić information content (AvgIpc) is 0.827.